The fourth-order valence-corrected chi connectivity index (χ4v) is 2.75. The second kappa shape index (κ2) is 8.58. The van der Waals surface area contributed by atoms with Gasteiger partial charge in [0.05, 0.1) is 23.2 Å². The molecule has 2 aromatic carbocycles. The zero-order chi connectivity index (χ0) is 16.7. The highest BCUT2D eigenvalue weighted by Gasteiger charge is 2.15. The Labute approximate surface area is 144 Å². The van der Waals surface area contributed by atoms with Crippen molar-refractivity contribution in [3.05, 3.63) is 58.1 Å². The fraction of sp³-hybridized carbons (Fsp3) is 0.278. The van der Waals surface area contributed by atoms with E-state index in [4.69, 9.17) is 14.6 Å². The van der Waals surface area contributed by atoms with Crippen LogP contribution in [0.5, 0.6) is 11.5 Å². The van der Waals surface area contributed by atoms with Crippen molar-refractivity contribution in [3.63, 3.8) is 0 Å². The lowest BCUT2D eigenvalue weighted by Crippen LogP contribution is -2.05. The van der Waals surface area contributed by atoms with E-state index in [1.807, 2.05) is 25.1 Å². The van der Waals surface area contributed by atoms with Crippen LogP contribution in [0.3, 0.4) is 0 Å². The van der Waals surface area contributed by atoms with Crippen molar-refractivity contribution in [2.45, 2.75) is 19.8 Å². The van der Waals surface area contributed by atoms with E-state index >= 15 is 0 Å². The molecular weight excluding hydrogens is 360 g/mol. The molecule has 0 spiro atoms. The number of hydrogen-bond acceptors (Lipinski definition) is 3. The largest absolute Gasteiger partial charge is 0.490 e. The number of benzene rings is 2. The Kier molecular flexibility index (Phi) is 6.47. The van der Waals surface area contributed by atoms with Gasteiger partial charge in [-0.15, -0.1) is 0 Å². The van der Waals surface area contributed by atoms with E-state index < -0.39 is 5.97 Å². The number of halogens is 1. The topological polar surface area (TPSA) is 55.8 Å². The molecule has 23 heavy (non-hydrogen) atoms. The van der Waals surface area contributed by atoms with E-state index in [9.17, 15) is 4.79 Å². The van der Waals surface area contributed by atoms with Crippen LogP contribution in [0, 0.1) is 0 Å². The fourth-order valence-electron chi connectivity index (χ4n) is 2.19. The molecule has 4 nitrogen and oxygen atoms in total. The molecule has 0 unspecified atom stereocenters. The average molecular weight is 379 g/mol. The quantitative estimate of drug-likeness (QED) is 0.684. The van der Waals surface area contributed by atoms with Crippen molar-refractivity contribution in [1.82, 2.24) is 0 Å². The molecule has 5 heteroatoms. The molecule has 0 fully saturated rings. The van der Waals surface area contributed by atoms with Gasteiger partial charge in [0.25, 0.3) is 0 Å². The van der Waals surface area contributed by atoms with Gasteiger partial charge in [-0.3, -0.25) is 0 Å². The number of carbonyl (C=O) groups is 1. The summed E-state index contributed by atoms with van der Waals surface area (Å²) in [6.07, 6.45) is 1.79. The molecule has 122 valence electrons. The summed E-state index contributed by atoms with van der Waals surface area (Å²) in [5, 5.41) is 9.12. The summed E-state index contributed by atoms with van der Waals surface area (Å²) in [6, 6.07) is 13.2. The summed E-state index contributed by atoms with van der Waals surface area (Å²) in [4.78, 5) is 11.1. The summed E-state index contributed by atoms with van der Waals surface area (Å²) in [5.41, 5.74) is 1.43. The van der Waals surface area contributed by atoms with Crippen LogP contribution in [0.25, 0.3) is 0 Å². The number of rotatable bonds is 8. The standard InChI is InChI=1S/C18H19BrO4/c1-2-22-16-12-14(18(20)21)11-15(19)17(16)23-10-6-9-13-7-4-3-5-8-13/h3-5,7-8,11-12H,2,6,9-10H2,1H3,(H,20,21). The molecule has 0 saturated carbocycles. The van der Waals surface area contributed by atoms with Gasteiger partial charge in [-0.1, -0.05) is 30.3 Å². The smallest absolute Gasteiger partial charge is 0.335 e. The molecule has 0 bridgehead atoms. The minimum absolute atomic E-state index is 0.164. The van der Waals surface area contributed by atoms with Crippen LogP contribution < -0.4 is 9.47 Å². The Bertz CT molecular complexity index is 656. The third-order valence-corrected chi connectivity index (χ3v) is 3.84. The molecule has 0 aliphatic rings. The van der Waals surface area contributed by atoms with E-state index in [1.165, 1.54) is 17.7 Å². The van der Waals surface area contributed by atoms with Crippen LogP contribution in [-0.2, 0) is 6.42 Å². The van der Waals surface area contributed by atoms with Crippen molar-refractivity contribution in [3.8, 4) is 11.5 Å². The highest BCUT2D eigenvalue weighted by molar-refractivity contribution is 9.10. The Balaban J connectivity index is 2.02. The van der Waals surface area contributed by atoms with E-state index in [-0.39, 0.29) is 5.56 Å². The molecular formula is C18H19BrO4. The van der Waals surface area contributed by atoms with E-state index in [2.05, 4.69) is 28.1 Å². The summed E-state index contributed by atoms with van der Waals surface area (Å²) < 4.78 is 11.9. The van der Waals surface area contributed by atoms with Crippen LogP contribution in [0.15, 0.2) is 46.9 Å². The van der Waals surface area contributed by atoms with E-state index in [0.717, 1.165) is 12.8 Å². The highest BCUT2D eigenvalue weighted by atomic mass is 79.9. The predicted molar refractivity (Wildman–Crippen MR) is 92.5 cm³/mol. The minimum atomic E-state index is -0.998. The maximum Gasteiger partial charge on any atom is 0.335 e. The number of hydrogen-bond donors (Lipinski definition) is 1. The number of aromatic carboxylic acids is 1. The van der Waals surface area contributed by atoms with E-state index in [1.54, 1.807) is 0 Å². The maximum absolute atomic E-state index is 11.1. The number of carboxylic acid groups (broad SMARTS) is 1. The molecule has 0 amide bonds. The molecule has 0 aromatic heterocycles. The summed E-state index contributed by atoms with van der Waals surface area (Å²) in [6.45, 7) is 2.82. The number of ether oxygens (including phenoxy) is 2. The predicted octanol–water partition coefficient (Wildman–Crippen LogP) is 4.56. The summed E-state index contributed by atoms with van der Waals surface area (Å²) in [7, 11) is 0. The van der Waals surface area contributed by atoms with Gasteiger partial charge in [-0.05, 0) is 53.4 Å². The van der Waals surface area contributed by atoms with Gasteiger partial charge in [0.15, 0.2) is 11.5 Å². The molecule has 2 aromatic rings. The van der Waals surface area contributed by atoms with Gasteiger partial charge < -0.3 is 14.6 Å². The van der Waals surface area contributed by atoms with Crippen molar-refractivity contribution < 1.29 is 19.4 Å². The maximum atomic E-state index is 11.1. The lowest BCUT2D eigenvalue weighted by Gasteiger charge is -2.14. The van der Waals surface area contributed by atoms with Crippen molar-refractivity contribution in [1.29, 1.82) is 0 Å². The first-order valence-electron chi connectivity index (χ1n) is 7.48. The summed E-state index contributed by atoms with van der Waals surface area (Å²) >= 11 is 3.36. The van der Waals surface area contributed by atoms with E-state index in [0.29, 0.717) is 29.2 Å². The van der Waals surface area contributed by atoms with Crippen LogP contribution in [0.1, 0.15) is 29.3 Å². The first-order valence-corrected chi connectivity index (χ1v) is 8.27. The van der Waals surface area contributed by atoms with Crippen molar-refractivity contribution in [2.24, 2.45) is 0 Å². The monoisotopic (exact) mass is 378 g/mol. The van der Waals surface area contributed by atoms with Gasteiger partial charge in [0, 0.05) is 0 Å². The third kappa shape index (κ3) is 4.99. The van der Waals surface area contributed by atoms with Gasteiger partial charge in [0.2, 0.25) is 0 Å². The number of carboxylic acids is 1. The van der Waals surface area contributed by atoms with Crippen molar-refractivity contribution in [2.75, 3.05) is 13.2 Å². The second-order valence-corrected chi connectivity index (χ2v) is 5.82. The zero-order valence-electron chi connectivity index (χ0n) is 12.9. The first-order chi connectivity index (χ1) is 11.1. The van der Waals surface area contributed by atoms with Gasteiger partial charge in [0.1, 0.15) is 0 Å². The normalized spacial score (nSPS) is 10.3. The SMILES string of the molecule is CCOc1cc(C(=O)O)cc(Br)c1OCCCc1ccccc1. The minimum Gasteiger partial charge on any atom is -0.490 e. The first kappa shape index (κ1) is 17.3. The molecule has 0 heterocycles. The molecule has 0 aliphatic heterocycles. The highest BCUT2D eigenvalue weighted by Crippen LogP contribution is 2.37. The molecule has 0 saturated heterocycles. The van der Waals surface area contributed by atoms with Crippen LogP contribution >= 0.6 is 15.9 Å². The van der Waals surface area contributed by atoms with Crippen molar-refractivity contribution >= 4 is 21.9 Å². The van der Waals surface area contributed by atoms with Gasteiger partial charge in [-0.2, -0.15) is 0 Å². The van der Waals surface area contributed by atoms with Crippen LogP contribution in [0.4, 0.5) is 0 Å². The molecule has 1 N–H and O–H groups in total. The lowest BCUT2D eigenvalue weighted by molar-refractivity contribution is 0.0696. The molecule has 2 rings (SSSR count). The third-order valence-electron chi connectivity index (χ3n) is 3.26. The second-order valence-electron chi connectivity index (χ2n) is 4.96. The Morgan fingerprint density at radius 3 is 2.57 bits per heavy atom. The van der Waals surface area contributed by atoms with Gasteiger partial charge >= 0.3 is 5.97 Å². The number of aryl methyl sites for hydroxylation is 1. The molecule has 0 aliphatic carbocycles. The summed E-state index contributed by atoms with van der Waals surface area (Å²) in [5.74, 6) is -0.00817. The Morgan fingerprint density at radius 2 is 1.91 bits per heavy atom. The van der Waals surface area contributed by atoms with Gasteiger partial charge in [-0.25, -0.2) is 4.79 Å². The van der Waals surface area contributed by atoms with Crippen LogP contribution in [0.2, 0.25) is 0 Å². The van der Waals surface area contributed by atoms with Crippen LogP contribution in [-0.4, -0.2) is 24.3 Å². The molecule has 0 atom stereocenters. The molecule has 0 radical (unpaired) electrons. The average Bonchev–Trinajstić information content (AvgIpc) is 2.54. The lowest BCUT2D eigenvalue weighted by atomic mass is 10.1. The Hall–Kier alpha value is -2.01. The zero-order valence-corrected chi connectivity index (χ0v) is 14.5. The Morgan fingerprint density at radius 1 is 1.17 bits per heavy atom.